The maximum absolute atomic E-state index is 3.70. The van der Waals surface area contributed by atoms with E-state index in [9.17, 15) is 0 Å². The normalized spacial score (nSPS) is 15.5. The minimum absolute atomic E-state index is 0.267. The fraction of sp³-hybridized carbons (Fsp3) is 0.200. The van der Waals surface area contributed by atoms with Crippen LogP contribution in [0.4, 0.5) is 0 Å². The van der Waals surface area contributed by atoms with E-state index in [1.165, 1.54) is 16.7 Å². The molecule has 1 nitrogen and oxygen atoms in total. The lowest BCUT2D eigenvalue weighted by molar-refractivity contribution is 0.600. The predicted molar refractivity (Wildman–Crippen MR) is 88.9 cm³/mol. The van der Waals surface area contributed by atoms with Crippen LogP contribution in [0.2, 0.25) is 0 Å². The Morgan fingerprint density at radius 3 is 2.24 bits per heavy atom. The maximum atomic E-state index is 3.70. The predicted octanol–water partition coefficient (Wildman–Crippen LogP) is 4.79. The van der Waals surface area contributed by atoms with Crippen molar-refractivity contribution in [1.29, 1.82) is 0 Å². The summed E-state index contributed by atoms with van der Waals surface area (Å²) in [5.74, 6) is 0. The Labute approximate surface area is 127 Å². The van der Waals surface area contributed by atoms with Crippen LogP contribution < -0.4 is 5.32 Å². The van der Waals surface area contributed by atoms with Gasteiger partial charge in [-0.2, -0.15) is 0 Å². The Balaban J connectivity index is 1.79. The summed E-state index contributed by atoms with van der Waals surface area (Å²) in [4.78, 5) is 0. The highest BCUT2D eigenvalue weighted by Crippen LogP contribution is 2.26. The fourth-order valence-corrected chi connectivity index (χ4v) is 2.74. The van der Waals surface area contributed by atoms with Crippen LogP contribution in [-0.4, -0.2) is 0 Å². The van der Waals surface area contributed by atoms with Gasteiger partial charge < -0.3 is 5.32 Å². The van der Waals surface area contributed by atoms with Crippen molar-refractivity contribution in [2.75, 3.05) is 0 Å². The molecule has 21 heavy (non-hydrogen) atoms. The van der Waals surface area contributed by atoms with E-state index in [-0.39, 0.29) is 6.04 Å². The van der Waals surface area contributed by atoms with Gasteiger partial charge in [-0.3, -0.25) is 0 Å². The molecule has 0 aliphatic heterocycles. The lowest BCUT2D eigenvalue weighted by atomic mass is 9.94. The monoisotopic (exact) mass is 275 g/mol. The van der Waals surface area contributed by atoms with Gasteiger partial charge in [0, 0.05) is 6.54 Å². The van der Waals surface area contributed by atoms with E-state index in [1.54, 1.807) is 0 Å². The summed E-state index contributed by atoms with van der Waals surface area (Å²) in [5, 5.41) is 3.70. The van der Waals surface area contributed by atoms with Gasteiger partial charge in [0.15, 0.2) is 0 Å². The van der Waals surface area contributed by atoms with Crippen LogP contribution in [0, 0.1) is 0 Å². The first kappa shape index (κ1) is 13.8. The molecule has 1 aliphatic rings. The van der Waals surface area contributed by atoms with Crippen LogP contribution in [0.25, 0.3) is 0 Å². The Bertz CT molecular complexity index is 611. The van der Waals surface area contributed by atoms with Crippen molar-refractivity contribution in [3.05, 3.63) is 95.6 Å². The summed E-state index contributed by atoms with van der Waals surface area (Å²) < 4.78 is 0. The Hall–Kier alpha value is -2.12. The van der Waals surface area contributed by atoms with Gasteiger partial charge in [-0.1, -0.05) is 78.9 Å². The van der Waals surface area contributed by atoms with Crippen molar-refractivity contribution < 1.29 is 0 Å². The molecule has 1 heteroatoms. The van der Waals surface area contributed by atoms with Crippen LogP contribution in [0.5, 0.6) is 0 Å². The summed E-state index contributed by atoms with van der Waals surface area (Å²) in [5.41, 5.74) is 4.02. The summed E-state index contributed by atoms with van der Waals surface area (Å²) in [6, 6.07) is 21.5. The molecule has 0 bridgehead atoms. The highest BCUT2D eigenvalue weighted by molar-refractivity contribution is 5.36. The second-order valence-electron chi connectivity index (χ2n) is 5.39. The number of hydrogen-bond donors (Lipinski definition) is 1. The maximum Gasteiger partial charge on any atom is 0.0576 e. The van der Waals surface area contributed by atoms with E-state index in [0.717, 1.165) is 19.4 Å². The zero-order valence-electron chi connectivity index (χ0n) is 12.2. The number of benzene rings is 2. The minimum atomic E-state index is 0.267. The van der Waals surface area contributed by atoms with Gasteiger partial charge in [0.05, 0.1) is 6.04 Å². The van der Waals surface area contributed by atoms with Crippen LogP contribution in [0.15, 0.2) is 84.5 Å². The minimum Gasteiger partial charge on any atom is -0.302 e. The number of nitrogens with one attached hydrogen (secondary N) is 1. The molecule has 1 unspecified atom stereocenters. The van der Waals surface area contributed by atoms with E-state index in [1.807, 2.05) is 0 Å². The van der Waals surface area contributed by atoms with Crippen molar-refractivity contribution in [1.82, 2.24) is 5.32 Å². The molecular formula is C20H21N. The van der Waals surface area contributed by atoms with Crippen molar-refractivity contribution in [3.63, 3.8) is 0 Å². The molecule has 3 rings (SSSR count). The molecule has 0 saturated heterocycles. The smallest absolute Gasteiger partial charge is 0.0576 e. The topological polar surface area (TPSA) is 12.0 Å². The van der Waals surface area contributed by atoms with Gasteiger partial charge in [0.25, 0.3) is 0 Å². The van der Waals surface area contributed by atoms with Gasteiger partial charge in [0.1, 0.15) is 0 Å². The Kier molecular flexibility index (Phi) is 4.65. The standard InChI is InChI=1S/C20H21N/c1-4-10-17(11-5-1)16-21-20(18-12-6-2-7-13-18)19-14-8-3-9-15-19/h1-2,4-8,10-15,20-21H,3,9,16H2. The quantitative estimate of drug-likeness (QED) is 0.827. The summed E-state index contributed by atoms with van der Waals surface area (Å²) >= 11 is 0. The molecule has 0 radical (unpaired) electrons. The molecule has 1 aliphatic carbocycles. The third-order valence-electron chi connectivity index (χ3n) is 3.84. The molecule has 0 saturated carbocycles. The molecule has 0 fully saturated rings. The molecule has 0 amide bonds. The number of hydrogen-bond acceptors (Lipinski definition) is 1. The van der Waals surface area contributed by atoms with E-state index in [4.69, 9.17) is 0 Å². The highest BCUT2D eigenvalue weighted by Gasteiger charge is 2.15. The highest BCUT2D eigenvalue weighted by atomic mass is 14.9. The molecule has 1 atom stereocenters. The molecule has 2 aromatic carbocycles. The summed E-state index contributed by atoms with van der Waals surface area (Å²) in [6.07, 6.45) is 9.19. The first-order chi connectivity index (χ1) is 10.4. The van der Waals surface area contributed by atoms with Gasteiger partial charge >= 0.3 is 0 Å². The average molecular weight is 275 g/mol. The van der Waals surface area contributed by atoms with Crippen LogP contribution >= 0.6 is 0 Å². The van der Waals surface area contributed by atoms with E-state index in [2.05, 4.69) is 84.2 Å². The van der Waals surface area contributed by atoms with Gasteiger partial charge in [-0.05, 0) is 29.5 Å². The van der Waals surface area contributed by atoms with E-state index < -0.39 is 0 Å². The first-order valence-electron chi connectivity index (χ1n) is 7.62. The molecule has 0 spiro atoms. The molecule has 1 N–H and O–H groups in total. The summed E-state index contributed by atoms with van der Waals surface area (Å²) in [6.45, 7) is 0.881. The lowest BCUT2D eigenvalue weighted by Gasteiger charge is -2.22. The Morgan fingerprint density at radius 2 is 1.57 bits per heavy atom. The van der Waals surface area contributed by atoms with Crippen LogP contribution in [-0.2, 0) is 6.54 Å². The van der Waals surface area contributed by atoms with Crippen molar-refractivity contribution in [2.24, 2.45) is 0 Å². The molecule has 0 heterocycles. The van der Waals surface area contributed by atoms with E-state index >= 15 is 0 Å². The zero-order valence-corrected chi connectivity index (χ0v) is 12.2. The summed E-state index contributed by atoms with van der Waals surface area (Å²) in [7, 11) is 0. The first-order valence-corrected chi connectivity index (χ1v) is 7.62. The van der Waals surface area contributed by atoms with Crippen molar-refractivity contribution in [3.8, 4) is 0 Å². The third-order valence-corrected chi connectivity index (χ3v) is 3.84. The zero-order chi connectivity index (χ0) is 14.3. The SMILES string of the molecule is C1=CC(C(NCc2ccccc2)c2ccccc2)=CCC1. The molecule has 0 aromatic heterocycles. The van der Waals surface area contributed by atoms with E-state index in [0.29, 0.717) is 0 Å². The third kappa shape index (κ3) is 3.71. The molecule has 106 valence electrons. The van der Waals surface area contributed by atoms with Crippen LogP contribution in [0.1, 0.15) is 30.0 Å². The largest absolute Gasteiger partial charge is 0.302 e. The lowest BCUT2D eigenvalue weighted by Crippen LogP contribution is -2.22. The average Bonchev–Trinajstić information content (AvgIpc) is 2.58. The molecular weight excluding hydrogens is 254 g/mol. The van der Waals surface area contributed by atoms with Gasteiger partial charge in [-0.15, -0.1) is 0 Å². The second kappa shape index (κ2) is 7.05. The fourth-order valence-electron chi connectivity index (χ4n) is 2.74. The number of rotatable bonds is 5. The van der Waals surface area contributed by atoms with Crippen molar-refractivity contribution in [2.45, 2.75) is 25.4 Å². The van der Waals surface area contributed by atoms with Crippen LogP contribution in [0.3, 0.4) is 0 Å². The van der Waals surface area contributed by atoms with Gasteiger partial charge in [0.2, 0.25) is 0 Å². The van der Waals surface area contributed by atoms with Gasteiger partial charge in [-0.25, -0.2) is 0 Å². The number of allylic oxidation sites excluding steroid dienone is 2. The second-order valence-corrected chi connectivity index (χ2v) is 5.39. The van der Waals surface area contributed by atoms with Crippen molar-refractivity contribution >= 4 is 0 Å². The molecule has 2 aromatic rings. The Morgan fingerprint density at radius 1 is 0.857 bits per heavy atom.